The van der Waals surface area contributed by atoms with Gasteiger partial charge in [-0.25, -0.2) is 0 Å². The van der Waals surface area contributed by atoms with Gasteiger partial charge in [0.2, 0.25) is 0 Å². The van der Waals surface area contributed by atoms with E-state index in [1.165, 1.54) is 25.7 Å². The van der Waals surface area contributed by atoms with E-state index in [-0.39, 0.29) is 0 Å². The fourth-order valence-electron chi connectivity index (χ4n) is 3.00. The molecule has 18 heavy (non-hydrogen) atoms. The molecule has 0 aromatic carbocycles. The topological polar surface area (TPSA) is 38.5 Å². The van der Waals surface area contributed by atoms with Gasteiger partial charge in [-0.05, 0) is 37.8 Å². The van der Waals surface area contributed by atoms with Crippen molar-refractivity contribution in [1.29, 1.82) is 0 Å². The zero-order valence-electron chi connectivity index (χ0n) is 12.5. The number of nitrogens with zero attached hydrogens (tertiary/aromatic N) is 1. The maximum atomic E-state index is 5.92. The van der Waals surface area contributed by atoms with E-state index in [0.717, 1.165) is 32.8 Å². The lowest BCUT2D eigenvalue weighted by molar-refractivity contribution is 0.0508. The molecule has 3 nitrogen and oxygen atoms in total. The van der Waals surface area contributed by atoms with Gasteiger partial charge in [0.05, 0.1) is 6.61 Å². The van der Waals surface area contributed by atoms with Crippen LogP contribution in [0.5, 0.6) is 0 Å². The van der Waals surface area contributed by atoms with Crippen LogP contribution in [-0.4, -0.2) is 43.8 Å². The molecule has 2 atom stereocenters. The predicted molar refractivity (Wildman–Crippen MR) is 77.7 cm³/mol. The summed E-state index contributed by atoms with van der Waals surface area (Å²) >= 11 is 0. The van der Waals surface area contributed by atoms with Gasteiger partial charge in [0.15, 0.2) is 0 Å². The Kier molecular flexibility index (Phi) is 7.87. The molecule has 1 aliphatic carbocycles. The minimum atomic E-state index is 0.631. The Morgan fingerprint density at radius 2 is 2.00 bits per heavy atom. The minimum absolute atomic E-state index is 0.631. The van der Waals surface area contributed by atoms with Crippen molar-refractivity contribution in [1.82, 2.24) is 4.90 Å². The van der Waals surface area contributed by atoms with Crippen LogP contribution in [-0.2, 0) is 4.74 Å². The summed E-state index contributed by atoms with van der Waals surface area (Å²) in [5.74, 6) is 1.33. The molecule has 1 aliphatic rings. The lowest BCUT2D eigenvalue weighted by Gasteiger charge is -2.39. The molecular weight excluding hydrogens is 224 g/mol. The summed E-state index contributed by atoms with van der Waals surface area (Å²) in [6, 6.07) is 0.691. The van der Waals surface area contributed by atoms with Gasteiger partial charge in [-0.3, -0.25) is 4.90 Å². The Morgan fingerprint density at radius 1 is 1.28 bits per heavy atom. The molecule has 1 fully saturated rings. The summed E-state index contributed by atoms with van der Waals surface area (Å²) < 4.78 is 5.71. The molecule has 0 heterocycles. The summed E-state index contributed by atoms with van der Waals surface area (Å²) in [6.45, 7) is 11.4. The van der Waals surface area contributed by atoms with Gasteiger partial charge in [0, 0.05) is 19.2 Å². The molecule has 0 aromatic rings. The van der Waals surface area contributed by atoms with Crippen LogP contribution in [0.2, 0.25) is 0 Å². The molecule has 0 radical (unpaired) electrons. The van der Waals surface area contributed by atoms with Crippen LogP contribution in [0, 0.1) is 11.8 Å². The Hall–Kier alpha value is -0.120. The second-order valence-electron chi connectivity index (χ2n) is 5.94. The van der Waals surface area contributed by atoms with E-state index in [2.05, 4.69) is 25.7 Å². The van der Waals surface area contributed by atoms with E-state index in [1.807, 2.05) is 0 Å². The molecule has 1 saturated carbocycles. The SMILES string of the molecule is CCN(CCOCC(C)C)C1CCCCC1CN. The highest BCUT2D eigenvalue weighted by Gasteiger charge is 2.28. The van der Waals surface area contributed by atoms with Crippen molar-refractivity contribution in [3.05, 3.63) is 0 Å². The van der Waals surface area contributed by atoms with Crippen LogP contribution in [0.15, 0.2) is 0 Å². The molecule has 0 aliphatic heterocycles. The summed E-state index contributed by atoms with van der Waals surface area (Å²) in [4.78, 5) is 2.58. The highest BCUT2D eigenvalue weighted by atomic mass is 16.5. The molecule has 0 bridgehead atoms. The molecule has 0 saturated heterocycles. The van der Waals surface area contributed by atoms with Gasteiger partial charge < -0.3 is 10.5 Å². The average Bonchev–Trinajstić information content (AvgIpc) is 2.38. The zero-order valence-corrected chi connectivity index (χ0v) is 12.5. The first kappa shape index (κ1) is 15.9. The van der Waals surface area contributed by atoms with Crippen LogP contribution >= 0.6 is 0 Å². The molecule has 2 unspecified atom stereocenters. The number of rotatable bonds is 8. The number of nitrogens with two attached hydrogens (primary N) is 1. The predicted octanol–water partition coefficient (Wildman–Crippen LogP) is 2.50. The van der Waals surface area contributed by atoms with Crippen LogP contribution in [0.1, 0.15) is 46.5 Å². The van der Waals surface area contributed by atoms with Gasteiger partial charge in [0.1, 0.15) is 0 Å². The number of likely N-dealkylation sites (N-methyl/N-ethyl adjacent to an activating group) is 1. The third-order valence-electron chi connectivity index (χ3n) is 4.02. The van der Waals surface area contributed by atoms with Crippen LogP contribution in [0.3, 0.4) is 0 Å². The molecule has 2 N–H and O–H groups in total. The van der Waals surface area contributed by atoms with E-state index in [4.69, 9.17) is 10.5 Å². The molecule has 1 rings (SSSR count). The zero-order chi connectivity index (χ0) is 13.4. The van der Waals surface area contributed by atoms with Crippen LogP contribution < -0.4 is 5.73 Å². The quantitative estimate of drug-likeness (QED) is 0.678. The van der Waals surface area contributed by atoms with E-state index in [9.17, 15) is 0 Å². The van der Waals surface area contributed by atoms with Crippen molar-refractivity contribution in [2.75, 3.05) is 32.8 Å². The first-order valence-electron chi connectivity index (χ1n) is 7.70. The van der Waals surface area contributed by atoms with Gasteiger partial charge in [-0.15, -0.1) is 0 Å². The molecule has 0 spiro atoms. The highest BCUT2D eigenvalue weighted by molar-refractivity contribution is 4.83. The second kappa shape index (κ2) is 8.89. The molecule has 108 valence electrons. The first-order chi connectivity index (χ1) is 8.69. The van der Waals surface area contributed by atoms with Gasteiger partial charge >= 0.3 is 0 Å². The number of ether oxygens (including phenoxy) is 1. The third kappa shape index (κ3) is 5.25. The monoisotopic (exact) mass is 256 g/mol. The molecule has 0 aromatic heterocycles. The Balaban J connectivity index is 2.33. The number of hydrogen-bond acceptors (Lipinski definition) is 3. The smallest absolute Gasteiger partial charge is 0.0593 e. The van der Waals surface area contributed by atoms with Gasteiger partial charge in [-0.2, -0.15) is 0 Å². The van der Waals surface area contributed by atoms with Gasteiger partial charge in [-0.1, -0.05) is 33.6 Å². The fourth-order valence-corrected chi connectivity index (χ4v) is 3.00. The Bertz CT molecular complexity index is 209. The Labute approximate surface area is 113 Å². The van der Waals surface area contributed by atoms with Gasteiger partial charge in [0.25, 0.3) is 0 Å². The summed E-state index contributed by atoms with van der Waals surface area (Å²) in [5.41, 5.74) is 5.92. The van der Waals surface area contributed by atoms with Crippen molar-refractivity contribution >= 4 is 0 Å². The van der Waals surface area contributed by atoms with E-state index in [0.29, 0.717) is 17.9 Å². The van der Waals surface area contributed by atoms with E-state index >= 15 is 0 Å². The lowest BCUT2D eigenvalue weighted by Crippen LogP contribution is -2.46. The molecule has 0 amide bonds. The van der Waals surface area contributed by atoms with Crippen LogP contribution in [0.25, 0.3) is 0 Å². The number of hydrogen-bond donors (Lipinski definition) is 1. The highest BCUT2D eigenvalue weighted by Crippen LogP contribution is 2.27. The van der Waals surface area contributed by atoms with E-state index in [1.54, 1.807) is 0 Å². The first-order valence-corrected chi connectivity index (χ1v) is 7.70. The van der Waals surface area contributed by atoms with Crippen molar-refractivity contribution in [3.8, 4) is 0 Å². The fraction of sp³-hybridized carbons (Fsp3) is 1.00. The summed E-state index contributed by atoms with van der Waals surface area (Å²) in [6.07, 6.45) is 5.36. The molecule has 3 heteroatoms. The normalized spacial score (nSPS) is 25.0. The molecular formula is C15H32N2O. The van der Waals surface area contributed by atoms with Crippen molar-refractivity contribution in [2.45, 2.75) is 52.5 Å². The van der Waals surface area contributed by atoms with Crippen molar-refractivity contribution < 1.29 is 4.74 Å². The van der Waals surface area contributed by atoms with Crippen molar-refractivity contribution in [2.24, 2.45) is 17.6 Å². The lowest BCUT2D eigenvalue weighted by atomic mass is 9.83. The van der Waals surface area contributed by atoms with Crippen molar-refractivity contribution in [3.63, 3.8) is 0 Å². The third-order valence-corrected chi connectivity index (χ3v) is 4.02. The van der Waals surface area contributed by atoms with E-state index < -0.39 is 0 Å². The average molecular weight is 256 g/mol. The Morgan fingerprint density at radius 3 is 2.61 bits per heavy atom. The minimum Gasteiger partial charge on any atom is -0.380 e. The second-order valence-corrected chi connectivity index (χ2v) is 5.94. The van der Waals surface area contributed by atoms with Crippen LogP contribution in [0.4, 0.5) is 0 Å². The largest absolute Gasteiger partial charge is 0.380 e. The maximum absolute atomic E-state index is 5.92. The standard InChI is InChI=1S/C15H32N2O/c1-4-17(9-10-18-12-13(2)3)15-8-6-5-7-14(15)11-16/h13-15H,4-12,16H2,1-3H3. The maximum Gasteiger partial charge on any atom is 0.0593 e. The summed E-state index contributed by atoms with van der Waals surface area (Å²) in [5, 5.41) is 0. The summed E-state index contributed by atoms with van der Waals surface area (Å²) in [7, 11) is 0.